The number of carbonyl (C=O) groups is 1. The van der Waals surface area contributed by atoms with Gasteiger partial charge in [-0.1, -0.05) is 35.5 Å². The number of aromatic nitrogens is 4. The van der Waals surface area contributed by atoms with E-state index in [0.29, 0.717) is 36.0 Å². The second kappa shape index (κ2) is 8.64. The van der Waals surface area contributed by atoms with Crippen LogP contribution in [0.2, 0.25) is 0 Å². The molecule has 1 aromatic carbocycles. The zero-order chi connectivity index (χ0) is 23.0. The largest absolute Gasteiger partial charge is 0.391 e. The number of nitrogens with zero attached hydrogens (tertiary/aromatic N) is 6. The molecule has 2 aliphatic heterocycles. The van der Waals surface area contributed by atoms with Crippen LogP contribution < -0.4 is 4.90 Å². The summed E-state index contributed by atoms with van der Waals surface area (Å²) in [6.45, 7) is 1.77. The molecule has 7 nitrogen and oxygen atoms in total. The number of carbonyl (C=O) groups excluding carboxylic acids is 1. The van der Waals surface area contributed by atoms with Gasteiger partial charge in [-0.05, 0) is 49.3 Å². The SMILES string of the molecule is O=C(N1CCC(c2ccccc2)CC1)n1nnc2ccc(N3CCC(C(F)(F)F)CC3)nc21. The molecule has 0 aliphatic carbocycles. The number of pyridine rings is 1. The van der Waals surface area contributed by atoms with Crippen LogP contribution in [0.3, 0.4) is 0 Å². The number of benzene rings is 1. The van der Waals surface area contributed by atoms with Crippen LogP contribution in [0.15, 0.2) is 42.5 Å². The van der Waals surface area contributed by atoms with E-state index in [0.717, 1.165) is 12.8 Å². The predicted molar refractivity (Wildman–Crippen MR) is 117 cm³/mol. The molecule has 5 rings (SSSR count). The molecule has 0 unspecified atom stereocenters. The lowest BCUT2D eigenvalue weighted by Crippen LogP contribution is -2.41. The quantitative estimate of drug-likeness (QED) is 0.568. The van der Waals surface area contributed by atoms with Gasteiger partial charge in [-0.2, -0.15) is 13.2 Å². The molecule has 174 valence electrons. The van der Waals surface area contributed by atoms with Crippen LogP contribution in [0.4, 0.5) is 23.8 Å². The van der Waals surface area contributed by atoms with E-state index >= 15 is 0 Å². The van der Waals surface area contributed by atoms with Gasteiger partial charge in [0.2, 0.25) is 0 Å². The van der Waals surface area contributed by atoms with E-state index in [4.69, 9.17) is 0 Å². The predicted octanol–water partition coefficient (Wildman–Crippen LogP) is 4.45. The first-order valence-corrected chi connectivity index (χ1v) is 11.3. The molecular weight excluding hydrogens is 433 g/mol. The lowest BCUT2D eigenvalue weighted by Gasteiger charge is -2.33. The Balaban J connectivity index is 1.29. The van der Waals surface area contributed by atoms with E-state index < -0.39 is 12.1 Å². The average Bonchev–Trinajstić information content (AvgIpc) is 3.27. The smallest absolute Gasteiger partial charge is 0.357 e. The minimum absolute atomic E-state index is 0.0377. The molecule has 2 aromatic heterocycles. The van der Waals surface area contributed by atoms with Crippen molar-refractivity contribution in [2.75, 3.05) is 31.1 Å². The fraction of sp³-hybridized carbons (Fsp3) is 0.478. The molecule has 2 saturated heterocycles. The Labute approximate surface area is 189 Å². The van der Waals surface area contributed by atoms with Gasteiger partial charge in [-0.3, -0.25) is 0 Å². The molecule has 3 aromatic rings. The van der Waals surface area contributed by atoms with Gasteiger partial charge >= 0.3 is 12.2 Å². The molecule has 0 radical (unpaired) electrons. The van der Waals surface area contributed by atoms with E-state index in [-0.39, 0.29) is 32.0 Å². The molecule has 0 atom stereocenters. The Morgan fingerprint density at radius 1 is 0.909 bits per heavy atom. The average molecular weight is 458 g/mol. The number of amides is 1. The van der Waals surface area contributed by atoms with E-state index in [2.05, 4.69) is 27.4 Å². The van der Waals surface area contributed by atoms with Gasteiger partial charge in [0.25, 0.3) is 0 Å². The summed E-state index contributed by atoms with van der Waals surface area (Å²) in [6.07, 6.45) is -2.34. The van der Waals surface area contributed by atoms with Gasteiger partial charge in [0.15, 0.2) is 5.65 Å². The maximum atomic E-state index is 13.2. The van der Waals surface area contributed by atoms with E-state index in [1.54, 1.807) is 17.0 Å². The highest BCUT2D eigenvalue weighted by molar-refractivity contribution is 5.86. The highest BCUT2D eigenvalue weighted by Gasteiger charge is 2.41. The van der Waals surface area contributed by atoms with E-state index in [9.17, 15) is 18.0 Å². The molecule has 0 spiro atoms. The topological polar surface area (TPSA) is 67.2 Å². The molecular formula is C23H25F3N6O. The number of hydrogen-bond acceptors (Lipinski definition) is 5. The molecule has 10 heteroatoms. The number of fused-ring (bicyclic) bond motifs is 1. The second-order valence-electron chi connectivity index (χ2n) is 8.77. The van der Waals surface area contributed by atoms with Crippen molar-refractivity contribution in [2.24, 2.45) is 5.92 Å². The van der Waals surface area contributed by atoms with Gasteiger partial charge < -0.3 is 9.80 Å². The zero-order valence-corrected chi connectivity index (χ0v) is 18.1. The number of rotatable bonds is 2. The van der Waals surface area contributed by atoms with Crippen molar-refractivity contribution in [1.29, 1.82) is 0 Å². The lowest BCUT2D eigenvalue weighted by atomic mass is 9.90. The number of alkyl halides is 3. The summed E-state index contributed by atoms with van der Waals surface area (Å²) in [5, 5.41) is 8.09. The summed E-state index contributed by atoms with van der Waals surface area (Å²) in [6, 6.07) is 13.5. The van der Waals surface area contributed by atoms with Crippen molar-refractivity contribution < 1.29 is 18.0 Å². The van der Waals surface area contributed by atoms with Crippen LogP contribution in [0, 0.1) is 5.92 Å². The summed E-state index contributed by atoms with van der Waals surface area (Å²) in [7, 11) is 0. The van der Waals surface area contributed by atoms with Gasteiger partial charge in [-0.15, -0.1) is 9.78 Å². The standard InChI is InChI=1S/C23H25F3N6O/c24-23(25,26)18-10-14-30(15-11-18)20-7-6-19-21(27-20)32(29-28-19)22(33)31-12-8-17(9-13-31)16-4-2-1-3-5-16/h1-7,17-18H,8-15H2. The fourth-order valence-electron chi connectivity index (χ4n) is 4.80. The number of halogens is 3. The second-order valence-corrected chi connectivity index (χ2v) is 8.77. The van der Waals surface area contributed by atoms with Crippen molar-refractivity contribution >= 4 is 23.0 Å². The third-order valence-electron chi connectivity index (χ3n) is 6.78. The highest BCUT2D eigenvalue weighted by atomic mass is 19.4. The van der Waals surface area contributed by atoms with Gasteiger partial charge in [0.05, 0.1) is 5.92 Å². The molecule has 2 fully saturated rings. The van der Waals surface area contributed by atoms with Gasteiger partial charge in [0, 0.05) is 26.2 Å². The van der Waals surface area contributed by atoms with Crippen molar-refractivity contribution in [1.82, 2.24) is 24.9 Å². The Kier molecular flexibility index (Phi) is 5.67. The molecule has 33 heavy (non-hydrogen) atoms. The van der Waals surface area contributed by atoms with Crippen LogP contribution in [-0.2, 0) is 0 Å². The van der Waals surface area contributed by atoms with E-state index in [1.165, 1.54) is 10.2 Å². The third kappa shape index (κ3) is 4.38. The molecule has 0 N–H and O–H groups in total. The number of piperidine rings is 2. The van der Waals surface area contributed by atoms with Crippen molar-refractivity contribution in [2.45, 2.75) is 37.8 Å². The van der Waals surface area contributed by atoms with Crippen LogP contribution in [0.5, 0.6) is 0 Å². The number of likely N-dealkylation sites (tertiary alicyclic amines) is 1. The van der Waals surface area contributed by atoms with Gasteiger partial charge in [-0.25, -0.2) is 9.78 Å². The molecule has 0 saturated carbocycles. The first-order valence-electron chi connectivity index (χ1n) is 11.3. The monoisotopic (exact) mass is 458 g/mol. The Hall–Kier alpha value is -3.17. The van der Waals surface area contributed by atoms with Crippen molar-refractivity contribution in [3.8, 4) is 0 Å². The normalized spacial score (nSPS) is 18.8. The third-order valence-corrected chi connectivity index (χ3v) is 6.78. The van der Waals surface area contributed by atoms with Gasteiger partial charge in [0.1, 0.15) is 11.3 Å². The summed E-state index contributed by atoms with van der Waals surface area (Å²) in [5.74, 6) is -0.306. The molecule has 4 heterocycles. The lowest BCUT2D eigenvalue weighted by molar-refractivity contribution is -0.179. The molecule has 0 bridgehead atoms. The van der Waals surface area contributed by atoms with Crippen LogP contribution in [0.1, 0.15) is 37.2 Å². The molecule has 2 aliphatic rings. The minimum atomic E-state index is -4.16. The van der Waals surface area contributed by atoms with Crippen LogP contribution >= 0.6 is 0 Å². The van der Waals surface area contributed by atoms with Crippen LogP contribution in [0.25, 0.3) is 11.2 Å². The van der Waals surface area contributed by atoms with Crippen molar-refractivity contribution in [3.63, 3.8) is 0 Å². The van der Waals surface area contributed by atoms with E-state index in [1.807, 2.05) is 23.1 Å². The van der Waals surface area contributed by atoms with Crippen molar-refractivity contribution in [3.05, 3.63) is 48.0 Å². The first-order chi connectivity index (χ1) is 15.9. The maximum Gasteiger partial charge on any atom is 0.391 e. The Morgan fingerprint density at radius 3 is 2.27 bits per heavy atom. The summed E-state index contributed by atoms with van der Waals surface area (Å²) < 4.78 is 40.2. The Bertz CT molecular complexity index is 1120. The first kappa shape index (κ1) is 21.7. The summed E-state index contributed by atoms with van der Waals surface area (Å²) in [4.78, 5) is 21.3. The maximum absolute atomic E-state index is 13.2. The number of anilines is 1. The number of hydrogen-bond donors (Lipinski definition) is 0. The summed E-state index contributed by atoms with van der Waals surface area (Å²) in [5.41, 5.74) is 2.11. The van der Waals surface area contributed by atoms with Crippen LogP contribution in [-0.4, -0.2) is 63.3 Å². The fourth-order valence-corrected chi connectivity index (χ4v) is 4.80. The highest BCUT2D eigenvalue weighted by Crippen LogP contribution is 2.35. The minimum Gasteiger partial charge on any atom is -0.357 e. The zero-order valence-electron chi connectivity index (χ0n) is 18.1. The summed E-state index contributed by atoms with van der Waals surface area (Å²) >= 11 is 0. The Morgan fingerprint density at radius 2 is 1.61 bits per heavy atom. The molecule has 1 amide bonds.